The highest BCUT2D eigenvalue weighted by atomic mass is 35.5. The molecule has 0 saturated carbocycles. The Morgan fingerprint density at radius 1 is 1.03 bits per heavy atom. The standard InChI is InChI=1S/C22H18ClN3O2S/c1-13-4-9-20(24-12-13)25-14(2)10-16(15(25)3)11-19-21(27)26(22(28)29-19)18-7-5-17(23)6-8-18/h4-12H,1-3H3/b19-11+. The van der Waals surface area contributed by atoms with Gasteiger partial charge < -0.3 is 4.57 Å². The Balaban J connectivity index is 1.69. The van der Waals surface area contributed by atoms with Crippen LogP contribution in [0.3, 0.4) is 0 Å². The lowest BCUT2D eigenvalue weighted by molar-refractivity contribution is -0.113. The van der Waals surface area contributed by atoms with Crippen LogP contribution < -0.4 is 4.90 Å². The van der Waals surface area contributed by atoms with Crippen molar-refractivity contribution in [2.45, 2.75) is 20.8 Å². The number of rotatable bonds is 3. The molecule has 1 aromatic carbocycles. The largest absolute Gasteiger partial charge is 0.303 e. The number of nitrogens with zero attached hydrogens (tertiary/aromatic N) is 3. The van der Waals surface area contributed by atoms with E-state index in [1.54, 1.807) is 30.3 Å². The lowest BCUT2D eigenvalue weighted by Crippen LogP contribution is -2.27. The lowest BCUT2D eigenvalue weighted by Gasteiger charge is -2.12. The van der Waals surface area contributed by atoms with Gasteiger partial charge in [-0.3, -0.25) is 9.59 Å². The molecule has 2 amide bonds. The van der Waals surface area contributed by atoms with Crippen molar-refractivity contribution in [1.82, 2.24) is 9.55 Å². The molecule has 0 N–H and O–H groups in total. The van der Waals surface area contributed by atoms with Crippen LogP contribution in [0.25, 0.3) is 11.9 Å². The van der Waals surface area contributed by atoms with Crippen molar-refractivity contribution in [3.63, 3.8) is 0 Å². The van der Waals surface area contributed by atoms with E-state index < -0.39 is 0 Å². The summed E-state index contributed by atoms with van der Waals surface area (Å²) in [4.78, 5) is 31.4. The predicted molar refractivity (Wildman–Crippen MR) is 118 cm³/mol. The summed E-state index contributed by atoms with van der Waals surface area (Å²) in [6.45, 7) is 5.96. The van der Waals surface area contributed by atoms with Crippen LogP contribution in [0.1, 0.15) is 22.5 Å². The van der Waals surface area contributed by atoms with Gasteiger partial charge in [-0.1, -0.05) is 17.7 Å². The van der Waals surface area contributed by atoms with E-state index in [9.17, 15) is 9.59 Å². The predicted octanol–water partition coefficient (Wildman–Crippen LogP) is 5.69. The van der Waals surface area contributed by atoms with Crippen molar-refractivity contribution in [2.75, 3.05) is 4.90 Å². The van der Waals surface area contributed by atoms with Crippen LogP contribution in [0.5, 0.6) is 0 Å². The van der Waals surface area contributed by atoms with Gasteiger partial charge in [-0.25, -0.2) is 9.88 Å². The molecule has 4 rings (SSSR count). The number of thioether (sulfide) groups is 1. The van der Waals surface area contributed by atoms with E-state index in [0.717, 1.165) is 40.1 Å². The molecule has 1 fully saturated rings. The molecular weight excluding hydrogens is 406 g/mol. The molecule has 5 nitrogen and oxygen atoms in total. The monoisotopic (exact) mass is 423 g/mol. The first-order valence-corrected chi connectivity index (χ1v) is 10.2. The molecule has 1 saturated heterocycles. The van der Waals surface area contributed by atoms with Gasteiger partial charge in [0.25, 0.3) is 11.1 Å². The Bertz CT molecular complexity index is 1150. The Labute approximate surface area is 178 Å². The molecule has 146 valence electrons. The first-order chi connectivity index (χ1) is 13.8. The highest BCUT2D eigenvalue weighted by molar-refractivity contribution is 8.19. The Morgan fingerprint density at radius 3 is 2.41 bits per heavy atom. The number of halogens is 1. The molecule has 0 radical (unpaired) electrons. The molecule has 3 heterocycles. The molecule has 0 bridgehead atoms. The van der Waals surface area contributed by atoms with Crippen LogP contribution in [0, 0.1) is 20.8 Å². The third kappa shape index (κ3) is 3.61. The van der Waals surface area contributed by atoms with Crippen LogP contribution in [-0.4, -0.2) is 20.7 Å². The number of anilines is 1. The highest BCUT2D eigenvalue weighted by Crippen LogP contribution is 2.36. The molecule has 7 heteroatoms. The maximum absolute atomic E-state index is 12.9. The number of aryl methyl sites for hydroxylation is 2. The number of carbonyl (C=O) groups is 2. The van der Waals surface area contributed by atoms with E-state index in [0.29, 0.717) is 15.6 Å². The van der Waals surface area contributed by atoms with Gasteiger partial charge in [0.1, 0.15) is 5.82 Å². The maximum atomic E-state index is 12.9. The molecule has 1 aliphatic heterocycles. The normalized spacial score (nSPS) is 15.6. The van der Waals surface area contributed by atoms with Gasteiger partial charge in [-0.15, -0.1) is 0 Å². The van der Waals surface area contributed by atoms with Crippen molar-refractivity contribution in [3.05, 3.63) is 81.1 Å². The van der Waals surface area contributed by atoms with E-state index in [-0.39, 0.29) is 11.1 Å². The molecule has 29 heavy (non-hydrogen) atoms. The van der Waals surface area contributed by atoms with Gasteiger partial charge in [0.15, 0.2) is 0 Å². The number of hydrogen-bond donors (Lipinski definition) is 0. The van der Waals surface area contributed by atoms with Gasteiger partial charge >= 0.3 is 0 Å². The second-order valence-electron chi connectivity index (χ2n) is 6.85. The van der Waals surface area contributed by atoms with Crippen LogP contribution >= 0.6 is 23.4 Å². The summed E-state index contributed by atoms with van der Waals surface area (Å²) in [7, 11) is 0. The van der Waals surface area contributed by atoms with E-state index in [2.05, 4.69) is 4.98 Å². The zero-order chi connectivity index (χ0) is 20.7. The zero-order valence-corrected chi connectivity index (χ0v) is 17.7. The first-order valence-electron chi connectivity index (χ1n) is 9.00. The number of imide groups is 1. The zero-order valence-electron chi connectivity index (χ0n) is 16.1. The summed E-state index contributed by atoms with van der Waals surface area (Å²) in [6, 6.07) is 12.6. The van der Waals surface area contributed by atoms with Crippen molar-refractivity contribution in [1.29, 1.82) is 0 Å². The first kappa shape index (κ1) is 19.5. The second kappa shape index (κ2) is 7.54. The van der Waals surface area contributed by atoms with Crippen molar-refractivity contribution in [2.24, 2.45) is 0 Å². The third-order valence-electron chi connectivity index (χ3n) is 4.76. The minimum absolute atomic E-state index is 0.322. The van der Waals surface area contributed by atoms with Crippen molar-refractivity contribution < 1.29 is 9.59 Å². The summed E-state index contributed by atoms with van der Waals surface area (Å²) in [6.07, 6.45) is 3.60. The van der Waals surface area contributed by atoms with Crippen LogP contribution in [0.4, 0.5) is 10.5 Å². The fourth-order valence-corrected chi connectivity index (χ4v) is 4.26. The minimum atomic E-state index is -0.333. The molecule has 0 atom stereocenters. The van der Waals surface area contributed by atoms with Gasteiger partial charge in [0.2, 0.25) is 0 Å². The molecule has 3 aromatic rings. The lowest BCUT2D eigenvalue weighted by atomic mass is 10.2. The summed E-state index contributed by atoms with van der Waals surface area (Å²) in [5.41, 5.74) is 4.44. The average Bonchev–Trinajstić information content (AvgIpc) is 3.12. The highest BCUT2D eigenvalue weighted by Gasteiger charge is 2.36. The summed E-state index contributed by atoms with van der Waals surface area (Å²) >= 11 is 6.85. The van der Waals surface area contributed by atoms with Gasteiger partial charge in [0, 0.05) is 22.6 Å². The number of pyridine rings is 1. The van der Waals surface area contributed by atoms with Gasteiger partial charge in [0.05, 0.1) is 10.6 Å². The van der Waals surface area contributed by atoms with Crippen molar-refractivity contribution >= 4 is 46.3 Å². The van der Waals surface area contributed by atoms with Gasteiger partial charge in [-0.2, -0.15) is 0 Å². The third-order valence-corrected chi connectivity index (χ3v) is 5.88. The SMILES string of the molecule is Cc1ccc(-n2c(C)cc(/C=C3/SC(=O)N(c4ccc(Cl)cc4)C3=O)c2C)nc1. The Kier molecular flexibility index (Phi) is 5.06. The molecule has 1 aliphatic rings. The quantitative estimate of drug-likeness (QED) is 0.507. The summed E-state index contributed by atoms with van der Waals surface area (Å²) in [5, 5.41) is 0.228. The number of hydrogen-bond acceptors (Lipinski definition) is 4. The number of aromatic nitrogens is 2. The topological polar surface area (TPSA) is 55.2 Å². The molecule has 2 aromatic heterocycles. The van der Waals surface area contributed by atoms with Crippen LogP contribution in [-0.2, 0) is 4.79 Å². The molecule has 0 unspecified atom stereocenters. The van der Waals surface area contributed by atoms with Crippen LogP contribution in [0.2, 0.25) is 5.02 Å². The Hall–Kier alpha value is -2.83. The molecule has 0 spiro atoms. The van der Waals surface area contributed by atoms with E-state index in [1.165, 1.54) is 4.90 Å². The van der Waals surface area contributed by atoms with Crippen LogP contribution in [0.15, 0.2) is 53.6 Å². The maximum Gasteiger partial charge on any atom is 0.298 e. The minimum Gasteiger partial charge on any atom is -0.303 e. The number of carbonyl (C=O) groups excluding carboxylic acids is 2. The Morgan fingerprint density at radius 2 is 1.76 bits per heavy atom. The fourth-order valence-electron chi connectivity index (χ4n) is 3.30. The van der Waals surface area contributed by atoms with E-state index >= 15 is 0 Å². The number of benzene rings is 1. The smallest absolute Gasteiger partial charge is 0.298 e. The van der Waals surface area contributed by atoms with E-state index in [1.807, 2.05) is 49.7 Å². The fraction of sp³-hybridized carbons (Fsp3) is 0.136. The summed E-state index contributed by atoms with van der Waals surface area (Å²) < 4.78 is 2.04. The van der Waals surface area contributed by atoms with Crippen molar-refractivity contribution in [3.8, 4) is 5.82 Å². The molecular formula is C22H18ClN3O2S. The summed E-state index contributed by atoms with van der Waals surface area (Å²) in [5.74, 6) is 0.486. The second-order valence-corrected chi connectivity index (χ2v) is 8.28. The molecule has 0 aliphatic carbocycles. The van der Waals surface area contributed by atoms with E-state index in [4.69, 9.17) is 11.6 Å². The average molecular weight is 424 g/mol. The van der Waals surface area contributed by atoms with Gasteiger partial charge in [-0.05, 0) is 86.1 Å². The number of amides is 2.